The summed E-state index contributed by atoms with van der Waals surface area (Å²) in [5, 5.41) is 68.0. The van der Waals surface area contributed by atoms with Gasteiger partial charge in [-0.2, -0.15) is 0 Å². The van der Waals surface area contributed by atoms with Crippen LogP contribution in [0.1, 0.15) is 126 Å². The van der Waals surface area contributed by atoms with Gasteiger partial charge in [0.1, 0.15) is 48.3 Å². The molecule has 1 saturated heterocycles. The van der Waals surface area contributed by atoms with E-state index in [0.29, 0.717) is 0 Å². The number of guanidine groups is 1. The molecule has 0 saturated carbocycles. The lowest BCUT2D eigenvalue weighted by atomic mass is 9.95. The lowest BCUT2D eigenvalue weighted by molar-refractivity contribution is -0.159. The topological polar surface area (TPSA) is 532 Å². The Labute approximate surface area is 523 Å². The van der Waals surface area contributed by atoms with Gasteiger partial charge in [-0.3, -0.25) is 57.7 Å². The van der Waals surface area contributed by atoms with Gasteiger partial charge in [0.15, 0.2) is 24.2 Å². The minimum atomic E-state index is -2.57. The molecule has 11 amide bonds. The third-order valence-electron chi connectivity index (χ3n) is 14.4. The molecule has 90 heavy (non-hydrogen) atoms. The smallest absolute Gasteiger partial charge is 0.331 e. The molecule has 32 heteroatoms. The monoisotopic (exact) mass is 1280 g/mol. The summed E-state index contributed by atoms with van der Waals surface area (Å²) in [7, 11) is 0. The molecule has 506 valence electrons. The number of nitrogens with zero attached hydrogens (tertiary/aromatic N) is 1. The fourth-order valence-electron chi connectivity index (χ4n) is 9.25. The van der Waals surface area contributed by atoms with Gasteiger partial charge in [-0.25, -0.2) is 4.79 Å². The Balaban J connectivity index is 3.13. The molecule has 0 spiro atoms. The highest BCUT2D eigenvalue weighted by atomic mass is 16.5. The van der Waals surface area contributed by atoms with Crippen LogP contribution in [0.15, 0.2) is 35.3 Å². The Hall–Kier alpha value is -8.07. The van der Waals surface area contributed by atoms with Crippen LogP contribution in [-0.4, -0.2) is 196 Å². The van der Waals surface area contributed by atoms with Crippen molar-refractivity contribution in [2.24, 2.45) is 57.5 Å². The number of ether oxygens (including phenoxy) is 1. The Morgan fingerprint density at radius 1 is 0.644 bits per heavy atom. The molecule has 0 aliphatic carbocycles. The molecule has 4 unspecified atom stereocenters. The first kappa shape index (κ1) is 78.0. The minimum Gasteiger partial charge on any atom is -0.453 e. The van der Waals surface area contributed by atoms with E-state index >= 15 is 4.79 Å². The Kier molecular flexibility index (Phi) is 32.8. The van der Waals surface area contributed by atoms with E-state index in [4.69, 9.17) is 27.7 Å². The van der Waals surface area contributed by atoms with Crippen molar-refractivity contribution in [3.8, 4) is 0 Å². The molecular weight excluding hydrogens is 1180 g/mol. The van der Waals surface area contributed by atoms with E-state index < -0.39 is 181 Å². The molecule has 1 fully saturated rings. The van der Waals surface area contributed by atoms with Crippen LogP contribution in [0.25, 0.3) is 0 Å². The van der Waals surface area contributed by atoms with Crippen LogP contribution < -0.4 is 76.1 Å². The van der Waals surface area contributed by atoms with Gasteiger partial charge in [-0.1, -0.05) is 106 Å². The maximum Gasteiger partial charge on any atom is 0.331 e. The second-order valence-corrected chi connectivity index (χ2v) is 24.1. The molecule has 1 aromatic carbocycles. The summed E-state index contributed by atoms with van der Waals surface area (Å²) in [4.78, 5) is 174. The number of nitrogens with one attached hydrogen (secondary N) is 10. The SMILES string of the molecule is CC[C@H](C)[C@@H]1NC(=O)[C@@H](CCCN=C(N)N)NC(=O)[C@H](CC(C)C)NC(=O)[C@H]([C@H](O)C(C)C)NC(=O)[C@@H](NC(=O)[C@H](CC(C)C)NC(=O)[C@H](N)CC(C)C)[C@@H](c2ccccc2)OC(=O)[C@H](CO)NC(=O)C(C(O)C(N)=O)NC(=O)CNC(=O)C(C(C)O)NC1=O. The second kappa shape index (κ2) is 37.8. The van der Waals surface area contributed by atoms with Gasteiger partial charge in [0.2, 0.25) is 65.0 Å². The number of esters is 1. The number of aliphatic imine (C=N–C) groups is 1. The molecule has 15 atom stereocenters. The largest absolute Gasteiger partial charge is 0.453 e. The first-order valence-corrected chi connectivity index (χ1v) is 30.1. The fraction of sp³-hybridized carbons (Fsp3) is 0.672. The van der Waals surface area contributed by atoms with Gasteiger partial charge in [0, 0.05) is 6.54 Å². The lowest BCUT2D eigenvalue weighted by Gasteiger charge is -2.34. The zero-order valence-electron chi connectivity index (χ0n) is 53.1. The molecule has 1 heterocycles. The van der Waals surface area contributed by atoms with Crippen molar-refractivity contribution in [3.63, 3.8) is 0 Å². The number of aliphatic hydroxyl groups excluding tert-OH is 4. The number of cyclic esters (lactones) is 1. The molecule has 0 radical (unpaired) electrons. The molecule has 1 aliphatic rings. The number of primary amides is 1. The number of benzene rings is 1. The highest BCUT2D eigenvalue weighted by Gasteiger charge is 2.44. The van der Waals surface area contributed by atoms with Gasteiger partial charge < -0.3 is 101 Å². The maximum atomic E-state index is 15.3. The number of amides is 11. The van der Waals surface area contributed by atoms with Crippen LogP contribution in [0, 0.1) is 29.6 Å². The summed E-state index contributed by atoms with van der Waals surface area (Å²) in [5.74, 6) is -17.2. The van der Waals surface area contributed by atoms with Gasteiger partial charge in [-0.15, -0.1) is 0 Å². The lowest BCUT2D eigenvalue weighted by Crippen LogP contribution is -2.64. The van der Waals surface area contributed by atoms with E-state index in [0.717, 1.165) is 6.92 Å². The van der Waals surface area contributed by atoms with Gasteiger partial charge in [-0.05, 0) is 74.2 Å². The zero-order valence-corrected chi connectivity index (χ0v) is 53.1. The van der Waals surface area contributed by atoms with Crippen molar-refractivity contribution in [3.05, 3.63) is 35.9 Å². The number of nitrogens with two attached hydrogens (primary N) is 4. The number of hydrogen-bond donors (Lipinski definition) is 18. The molecule has 2 rings (SSSR count). The number of hydrogen-bond acceptors (Lipinski definition) is 19. The molecule has 1 aliphatic heterocycles. The predicted octanol–water partition coefficient (Wildman–Crippen LogP) is -5.43. The van der Waals surface area contributed by atoms with E-state index in [2.05, 4.69) is 47.5 Å². The van der Waals surface area contributed by atoms with Crippen molar-refractivity contribution in [1.29, 1.82) is 0 Å². The quantitative estimate of drug-likeness (QED) is 0.0210. The first-order chi connectivity index (χ1) is 42.0. The van der Waals surface area contributed by atoms with Gasteiger partial charge in [0.25, 0.3) is 0 Å². The summed E-state index contributed by atoms with van der Waals surface area (Å²) in [6.45, 7) is 15.3. The van der Waals surface area contributed by atoms with Crippen molar-refractivity contribution >= 4 is 76.9 Å². The number of rotatable bonds is 23. The third kappa shape index (κ3) is 25.4. The summed E-state index contributed by atoms with van der Waals surface area (Å²) in [5.41, 5.74) is 22.6. The Morgan fingerprint density at radius 2 is 1.19 bits per heavy atom. The van der Waals surface area contributed by atoms with E-state index in [1.165, 1.54) is 44.2 Å². The standard InChI is InChI=1S/C58H97N15O17/c1-12-30(10)39-53(85)71-40(31(11)75)52(84)64-24-38(76)69-42(45(78)47(60)79)55(87)68-37(25-74)57(89)90-46(32-17-14-13-15-18-32)43(73-51(83)36(23-28(6)7)66-48(80)33(59)21-26(2)3)56(88)72-41(44(77)29(8)9)54(86)67-35(22-27(4)5)50(82)65-34(49(81)70-39)19-16-20-63-58(61)62/h13-15,17-18,26-31,33-37,39-46,74-75,77-78H,12,16,19-25,59H2,1-11H3,(H2,60,79)(H,64,84)(H,65,82)(H,66,80)(H,67,86)(H,68,87)(H,69,76)(H,70,81)(H,71,85)(H,72,88)(H,73,83)(H4,61,62,63)/t30-,31?,33+,34+,35-,36-,37-,39-,40?,41-,42?,43-,44+,45?,46+/m0/s1. The summed E-state index contributed by atoms with van der Waals surface area (Å²) in [6, 6.07) is -10.7. The normalized spacial score (nSPS) is 24.7. The summed E-state index contributed by atoms with van der Waals surface area (Å²) >= 11 is 0. The molecule has 0 bridgehead atoms. The van der Waals surface area contributed by atoms with Crippen molar-refractivity contribution in [2.45, 2.75) is 200 Å². The van der Waals surface area contributed by atoms with Crippen LogP contribution in [0.5, 0.6) is 0 Å². The highest BCUT2D eigenvalue weighted by molar-refractivity contribution is 6.00. The highest BCUT2D eigenvalue weighted by Crippen LogP contribution is 2.25. The van der Waals surface area contributed by atoms with E-state index in [1.807, 2.05) is 24.5 Å². The molecule has 1 aromatic rings. The Morgan fingerprint density at radius 3 is 1.72 bits per heavy atom. The second-order valence-electron chi connectivity index (χ2n) is 24.1. The van der Waals surface area contributed by atoms with Crippen LogP contribution >= 0.6 is 0 Å². The van der Waals surface area contributed by atoms with Crippen LogP contribution in [0.3, 0.4) is 0 Å². The minimum absolute atomic E-state index is 0.0466. The zero-order chi connectivity index (χ0) is 68.4. The number of carbonyl (C=O) groups is 12. The average Bonchev–Trinajstić information content (AvgIpc) is 1.47. The average molecular weight is 1280 g/mol. The maximum absolute atomic E-state index is 15.3. The third-order valence-corrected chi connectivity index (χ3v) is 14.4. The van der Waals surface area contributed by atoms with Crippen molar-refractivity contribution in [1.82, 2.24) is 53.2 Å². The van der Waals surface area contributed by atoms with E-state index in [-0.39, 0.29) is 74.3 Å². The summed E-state index contributed by atoms with van der Waals surface area (Å²) in [6.07, 6.45) is -8.04. The molecule has 32 nitrogen and oxygen atoms in total. The summed E-state index contributed by atoms with van der Waals surface area (Å²) < 4.78 is 5.92. The number of carbonyl (C=O) groups excluding carboxylic acids is 12. The van der Waals surface area contributed by atoms with Crippen molar-refractivity contribution in [2.75, 3.05) is 19.7 Å². The number of aliphatic hydroxyl groups is 4. The van der Waals surface area contributed by atoms with Crippen LogP contribution in [-0.2, 0) is 62.3 Å². The van der Waals surface area contributed by atoms with E-state index in [9.17, 15) is 73.2 Å². The predicted molar refractivity (Wildman–Crippen MR) is 326 cm³/mol. The van der Waals surface area contributed by atoms with Gasteiger partial charge in [0.05, 0.1) is 31.4 Å². The van der Waals surface area contributed by atoms with E-state index in [1.54, 1.807) is 41.5 Å². The molecule has 22 N–H and O–H groups in total. The van der Waals surface area contributed by atoms with Crippen LogP contribution in [0.2, 0.25) is 0 Å². The molecular formula is C58H97N15O17. The van der Waals surface area contributed by atoms with Gasteiger partial charge >= 0.3 is 5.97 Å². The first-order valence-electron chi connectivity index (χ1n) is 30.1. The van der Waals surface area contributed by atoms with Crippen molar-refractivity contribution < 1.29 is 82.7 Å². The Bertz CT molecular complexity index is 2640. The molecule has 0 aromatic heterocycles. The fourth-order valence-corrected chi connectivity index (χ4v) is 9.25. The van der Waals surface area contributed by atoms with Crippen LogP contribution in [0.4, 0.5) is 0 Å².